The molecule has 4 aliphatic carbocycles. The third-order valence-electron chi connectivity index (χ3n) is 15.3. The maximum Gasteiger partial charge on any atom is 0.338 e. The predicted molar refractivity (Wildman–Crippen MR) is 311 cm³/mol. The lowest BCUT2D eigenvalue weighted by atomic mass is 9.72. The highest BCUT2D eigenvalue weighted by atomic mass is 16.5. The van der Waals surface area contributed by atoms with Crippen LogP contribution >= 0.6 is 0 Å². The number of hydrogen-bond donors (Lipinski definition) is 2. The molecule has 0 saturated heterocycles. The Balaban J connectivity index is 0.659. The van der Waals surface area contributed by atoms with Crippen LogP contribution in [0.5, 0.6) is 11.5 Å². The maximum atomic E-state index is 13.2. The van der Waals surface area contributed by atoms with Crippen LogP contribution in [0.3, 0.4) is 0 Å². The molecule has 402 valence electrons. The summed E-state index contributed by atoms with van der Waals surface area (Å²) >= 11 is 0. The summed E-state index contributed by atoms with van der Waals surface area (Å²) < 4.78 is 23.2. The third kappa shape index (κ3) is 9.95. The van der Waals surface area contributed by atoms with Crippen molar-refractivity contribution in [2.75, 3.05) is 26.4 Å². The number of nitrogens with one attached hydrogen (secondary N) is 2. The fraction of sp³-hybridized carbons (Fsp3) is 0.147. The van der Waals surface area contributed by atoms with Crippen molar-refractivity contribution < 1.29 is 47.7 Å². The quantitative estimate of drug-likeness (QED) is 0.0773. The molecule has 2 N–H and O–H groups in total. The highest BCUT2D eigenvalue weighted by molar-refractivity contribution is 6.19. The molecule has 0 fully saturated rings. The minimum Gasteiger partial charge on any atom is -0.493 e. The average Bonchev–Trinajstić information content (AvgIpc) is 4.11. The normalized spacial score (nSPS) is 18.0. The molecule has 4 aromatic carbocycles. The molecule has 0 spiro atoms. The number of carbonyl (C=O) groups excluding carboxylic acids is 6. The number of rotatable bonds is 14. The van der Waals surface area contributed by atoms with E-state index < -0.39 is 35.6 Å². The zero-order chi connectivity index (χ0) is 55.8. The van der Waals surface area contributed by atoms with Gasteiger partial charge in [-0.05, 0) is 132 Å². The lowest BCUT2D eigenvalue weighted by Gasteiger charge is -2.28. The van der Waals surface area contributed by atoms with Crippen molar-refractivity contribution in [3.05, 3.63) is 226 Å². The van der Waals surface area contributed by atoms with Crippen LogP contribution in [0.4, 0.5) is 0 Å². The van der Waals surface area contributed by atoms with Crippen molar-refractivity contribution in [3.8, 4) is 33.8 Å². The van der Waals surface area contributed by atoms with Crippen molar-refractivity contribution >= 4 is 81.4 Å². The molecule has 8 bridgehead atoms. The molecule has 4 unspecified atom stereocenters. The van der Waals surface area contributed by atoms with Gasteiger partial charge >= 0.3 is 11.9 Å². The van der Waals surface area contributed by atoms with Crippen LogP contribution in [0.25, 0.3) is 68.6 Å². The number of Topliss-reactive ketones (excluding diaryl/α,β-unsaturated/α-hetero) is 4. The number of allylic oxidation sites excluding steroid dienone is 8. The minimum atomic E-state index is -0.575. The molecular formula is C68H50N4O10. The molecule has 2 aliphatic heterocycles. The number of hydrogen-bond acceptors (Lipinski definition) is 12. The summed E-state index contributed by atoms with van der Waals surface area (Å²) in [4.78, 5) is 96.0. The topological polar surface area (TPSA) is 197 Å². The first-order valence-electron chi connectivity index (χ1n) is 27.2. The van der Waals surface area contributed by atoms with Gasteiger partial charge in [-0.25, -0.2) is 19.6 Å². The second kappa shape index (κ2) is 21.7. The van der Waals surface area contributed by atoms with E-state index >= 15 is 0 Å². The van der Waals surface area contributed by atoms with Gasteiger partial charge in [0.1, 0.15) is 11.5 Å². The maximum absolute atomic E-state index is 13.2. The smallest absolute Gasteiger partial charge is 0.338 e. The fourth-order valence-corrected chi connectivity index (χ4v) is 11.2. The van der Waals surface area contributed by atoms with Crippen LogP contribution < -0.4 is 9.47 Å². The van der Waals surface area contributed by atoms with Crippen LogP contribution in [-0.2, 0) is 9.47 Å². The van der Waals surface area contributed by atoms with Gasteiger partial charge in [-0.1, -0.05) is 72.9 Å². The molecular weight excluding hydrogens is 1030 g/mol. The minimum absolute atomic E-state index is 0.0999. The van der Waals surface area contributed by atoms with E-state index in [4.69, 9.17) is 28.9 Å². The Labute approximate surface area is 469 Å². The van der Waals surface area contributed by atoms with Crippen LogP contribution in [0.1, 0.15) is 97.8 Å². The first-order valence-corrected chi connectivity index (χ1v) is 27.2. The molecule has 13 rings (SSSR count). The van der Waals surface area contributed by atoms with E-state index in [-0.39, 0.29) is 58.6 Å². The van der Waals surface area contributed by atoms with Gasteiger partial charge in [-0.15, -0.1) is 0 Å². The summed E-state index contributed by atoms with van der Waals surface area (Å²) in [5.74, 6) is -2.64. The molecule has 4 atom stereocenters. The Morgan fingerprint density at radius 1 is 0.415 bits per heavy atom. The third-order valence-corrected chi connectivity index (χ3v) is 15.3. The van der Waals surface area contributed by atoms with E-state index in [2.05, 4.69) is 9.97 Å². The average molecular weight is 1080 g/mol. The van der Waals surface area contributed by atoms with Gasteiger partial charge in [0, 0.05) is 68.3 Å². The van der Waals surface area contributed by atoms with Gasteiger partial charge < -0.3 is 28.9 Å². The number of ketones is 4. The number of aromatic nitrogens is 4. The highest BCUT2D eigenvalue weighted by Crippen LogP contribution is 2.38. The van der Waals surface area contributed by atoms with E-state index in [0.717, 1.165) is 67.1 Å². The van der Waals surface area contributed by atoms with Gasteiger partial charge in [-0.2, -0.15) is 0 Å². The molecule has 0 saturated carbocycles. The SMILES string of the molecule is O=C(OCCCOc1ccc(-c2c3nc(cc4ccc([nH]4)c(-c4ccc(OCCCOC(=O)c5ccc6c(c5)C(=O)C5C=CC=CC5C6=O)cc4)c4nc(cc5ccc2[nH]5)C=C4)C=C3)cc1)c1ccc2c(c1)C(=O)C1C=CC=CC1C2=O. The number of esters is 2. The van der Waals surface area contributed by atoms with Gasteiger partial charge in [0.25, 0.3) is 0 Å². The van der Waals surface area contributed by atoms with Gasteiger partial charge in [0.2, 0.25) is 0 Å². The summed E-state index contributed by atoms with van der Waals surface area (Å²) in [6.45, 7) is 0.784. The molecule has 82 heavy (non-hydrogen) atoms. The molecule has 7 aromatic rings. The summed E-state index contributed by atoms with van der Waals surface area (Å²) in [6, 6.07) is 36.7. The zero-order valence-corrected chi connectivity index (χ0v) is 44.0. The Bertz CT molecular complexity index is 3940. The summed E-state index contributed by atoms with van der Waals surface area (Å²) in [6.07, 6.45) is 22.9. The molecule has 0 radical (unpaired) electrons. The van der Waals surface area contributed by atoms with E-state index in [1.807, 2.05) is 109 Å². The van der Waals surface area contributed by atoms with E-state index in [1.54, 1.807) is 60.7 Å². The predicted octanol–water partition coefficient (Wildman–Crippen LogP) is 12.7. The van der Waals surface area contributed by atoms with E-state index in [0.29, 0.717) is 48.7 Å². The van der Waals surface area contributed by atoms with E-state index in [9.17, 15) is 28.8 Å². The van der Waals surface area contributed by atoms with Gasteiger partial charge in [-0.3, -0.25) is 19.2 Å². The number of aromatic amines is 2. The zero-order valence-electron chi connectivity index (χ0n) is 44.0. The largest absolute Gasteiger partial charge is 0.493 e. The molecule has 0 amide bonds. The number of carbonyl (C=O) groups is 6. The molecule has 5 heterocycles. The van der Waals surface area contributed by atoms with Crippen molar-refractivity contribution in [2.45, 2.75) is 12.8 Å². The van der Waals surface area contributed by atoms with Crippen LogP contribution in [0.15, 0.2) is 170 Å². The van der Waals surface area contributed by atoms with Crippen molar-refractivity contribution in [2.24, 2.45) is 23.7 Å². The molecule has 14 heteroatoms. The monoisotopic (exact) mass is 1080 g/mol. The second-order valence-electron chi connectivity index (χ2n) is 20.5. The number of nitrogens with zero attached hydrogens (tertiary/aromatic N) is 2. The first kappa shape index (κ1) is 51.1. The Morgan fingerprint density at radius 2 is 0.805 bits per heavy atom. The van der Waals surface area contributed by atoms with Crippen molar-refractivity contribution in [1.29, 1.82) is 0 Å². The van der Waals surface area contributed by atoms with Gasteiger partial charge in [0.15, 0.2) is 23.1 Å². The van der Waals surface area contributed by atoms with Crippen LogP contribution in [-0.4, -0.2) is 81.4 Å². The van der Waals surface area contributed by atoms with Gasteiger partial charge in [0.05, 0.1) is 84.0 Å². The number of ether oxygens (including phenoxy) is 4. The van der Waals surface area contributed by atoms with Crippen molar-refractivity contribution in [3.63, 3.8) is 0 Å². The molecule has 3 aromatic heterocycles. The second-order valence-corrected chi connectivity index (χ2v) is 20.5. The Morgan fingerprint density at radius 3 is 1.21 bits per heavy atom. The number of benzene rings is 4. The first-order chi connectivity index (χ1) is 40.1. The Kier molecular flexibility index (Phi) is 13.5. The summed E-state index contributed by atoms with van der Waals surface area (Å²) in [5.41, 5.74) is 11.7. The molecule has 14 nitrogen and oxygen atoms in total. The van der Waals surface area contributed by atoms with Crippen LogP contribution in [0, 0.1) is 23.7 Å². The van der Waals surface area contributed by atoms with Crippen LogP contribution in [0.2, 0.25) is 0 Å². The number of H-pyrrole nitrogens is 2. The summed E-state index contributed by atoms with van der Waals surface area (Å²) in [7, 11) is 0. The highest BCUT2D eigenvalue weighted by Gasteiger charge is 2.41. The summed E-state index contributed by atoms with van der Waals surface area (Å²) in [5, 5.41) is 0. The lowest BCUT2D eigenvalue weighted by molar-refractivity contribution is 0.0476. The molecule has 6 aliphatic rings. The lowest BCUT2D eigenvalue weighted by Crippen LogP contribution is -2.35. The Hall–Kier alpha value is -10.3. The number of fused-ring (bicyclic) bond motifs is 12. The van der Waals surface area contributed by atoms with Crippen molar-refractivity contribution in [1.82, 2.24) is 19.9 Å². The fourth-order valence-electron chi connectivity index (χ4n) is 11.2. The van der Waals surface area contributed by atoms with E-state index in [1.165, 1.54) is 24.3 Å². The standard InChI is InChI=1S/C68H50N4O10/c73-63-49-7-1-3-9-51(49)65(75)55-35-41(15-25-53(55)63)67(77)81-33-5-31-79-47-21-11-39(12-22-47)61-57-27-17-43(69-57)37-45-19-29-59(71-45)62(60-30-20-46(72-60)38-44-18-28-58(61)70-44)40-13-23-48(24-14-40)80-32-6-34-82-68(78)42-16-26-54-56(36-42)66(76)52-10-4-2-8-50(52)64(54)74/h1-4,7-30,35-38,49-52,69,72H,5-6,31-34H2.